The van der Waals surface area contributed by atoms with Crippen LogP contribution in [0.3, 0.4) is 0 Å². The minimum absolute atomic E-state index is 0.0208. The number of carbonyl (C=O) groups excluding carboxylic acids is 1. The number of thiophene rings is 1. The zero-order valence-corrected chi connectivity index (χ0v) is 17.3. The Kier molecular flexibility index (Phi) is 6.00. The first kappa shape index (κ1) is 20.0. The molecule has 2 atom stereocenters. The molecule has 1 aromatic heterocycles. The molecule has 1 aromatic carbocycles. The predicted molar refractivity (Wildman–Crippen MR) is 106 cm³/mol. The largest absolute Gasteiger partial charge is 0.383 e. The zero-order chi connectivity index (χ0) is 19.6. The Morgan fingerprint density at radius 2 is 2.04 bits per heavy atom. The maximum absolute atomic E-state index is 12.9. The zero-order valence-electron chi connectivity index (χ0n) is 15.6. The molecule has 0 spiro atoms. The van der Waals surface area contributed by atoms with Gasteiger partial charge in [-0.15, -0.1) is 11.3 Å². The highest BCUT2D eigenvalue weighted by atomic mass is 32.2. The molecule has 2 heterocycles. The molecule has 2 aromatic rings. The molecule has 27 heavy (non-hydrogen) atoms. The minimum atomic E-state index is -3.65. The van der Waals surface area contributed by atoms with E-state index in [1.807, 2.05) is 11.8 Å². The molecule has 0 aliphatic carbocycles. The molecule has 0 bridgehead atoms. The Balaban J connectivity index is 1.75. The van der Waals surface area contributed by atoms with E-state index in [2.05, 4.69) is 16.2 Å². The van der Waals surface area contributed by atoms with Crippen molar-refractivity contribution in [2.24, 2.45) is 0 Å². The van der Waals surface area contributed by atoms with Crippen molar-refractivity contribution in [3.05, 3.63) is 51.7 Å². The fraction of sp³-hybridized carbons (Fsp3) is 0.421. The molecule has 3 rings (SSSR count). The van der Waals surface area contributed by atoms with E-state index < -0.39 is 10.0 Å². The van der Waals surface area contributed by atoms with Crippen LogP contribution in [0.4, 0.5) is 0 Å². The fourth-order valence-electron chi connectivity index (χ4n) is 3.35. The van der Waals surface area contributed by atoms with Gasteiger partial charge in [-0.05, 0) is 61.5 Å². The van der Waals surface area contributed by atoms with Crippen LogP contribution >= 0.6 is 11.3 Å². The molecular weight excluding hydrogens is 384 g/mol. The number of carbonyl (C=O) groups is 1. The number of hydrogen-bond donors (Lipinski definition) is 1. The highest BCUT2D eigenvalue weighted by Crippen LogP contribution is 2.33. The fourth-order valence-corrected chi connectivity index (χ4v) is 5.54. The van der Waals surface area contributed by atoms with Crippen molar-refractivity contribution in [3.8, 4) is 0 Å². The Bertz CT molecular complexity index is 906. The van der Waals surface area contributed by atoms with Crippen molar-refractivity contribution in [1.82, 2.24) is 9.62 Å². The molecule has 0 saturated heterocycles. The molecule has 0 fully saturated rings. The second-order valence-corrected chi connectivity index (χ2v) is 9.44. The number of methoxy groups -OCH3 is 1. The van der Waals surface area contributed by atoms with Gasteiger partial charge in [0.1, 0.15) is 0 Å². The predicted octanol–water partition coefficient (Wildman–Crippen LogP) is 2.82. The molecule has 8 heteroatoms. The van der Waals surface area contributed by atoms with E-state index in [0.29, 0.717) is 12.1 Å². The number of amides is 1. The van der Waals surface area contributed by atoms with E-state index in [1.54, 1.807) is 30.4 Å². The Morgan fingerprint density at radius 3 is 2.70 bits per heavy atom. The number of nitrogens with one attached hydrogen (secondary N) is 1. The number of nitrogens with zero attached hydrogens (tertiary/aromatic N) is 1. The molecule has 1 aliphatic heterocycles. The summed E-state index contributed by atoms with van der Waals surface area (Å²) < 4.78 is 32.3. The molecule has 1 amide bonds. The van der Waals surface area contributed by atoms with Gasteiger partial charge in [-0.3, -0.25) is 4.79 Å². The van der Waals surface area contributed by atoms with E-state index >= 15 is 0 Å². The summed E-state index contributed by atoms with van der Waals surface area (Å²) in [4.78, 5) is 16.2. The summed E-state index contributed by atoms with van der Waals surface area (Å²) in [6.07, 6.45) is 0.858. The third-order valence-corrected chi connectivity index (χ3v) is 7.32. The molecule has 146 valence electrons. The molecule has 0 radical (unpaired) electrons. The molecule has 0 saturated carbocycles. The summed E-state index contributed by atoms with van der Waals surface area (Å²) >= 11 is 1.73. The average molecular weight is 409 g/mol. The lowest BCUT2D eigenvalue weighted by atomic mass is 10.0. The molecule has 1 aliphatic rings. The van der Waals surface area contributed by atoms with Crippen molar-refractivity contribution in [2.75, 3.05) is 20.3 Å². The van der Waals surface area contributed by atoms with Crippen molar-refractivity contribution < 1.29 is 17.9 Å². The Labute approximate surface area is 164 Å². The van der Waals surface area contributed by atoms with Gasteiger partial charge in [-0.25, -0.2) is 13.1 Å². The first-order chi connectivity index (χ1) is 12.8. The van der Waals surface area contributed by atoms with Crippen molar-refractivity contribution in [3.63, 3.8) is 0 Å². The topological polar surface area (TPSA) is 75.7 Å². The van der Waals surface area contributed by atoms with Crippen LogP contribution in [-0.4, -0.2) is 45.5 Å². The number of ether oxygens (including phenoxy) is 1. The van der Waals surface area contributed by atoms with Crippen LogP contribution < -0.4 is 4.72 Å². The van der Waals surface area contributed by atoms with Crippen LogP contribution in [0.1, 0.15) is 40.7 Å². The van der Waals surface area contributed by atoms with Gasteiger partial charge < -0.3 is 9.64 Å². The number of benzene rings is 1. The van der Waals surface area contributed by atoms with Gasteiger partial charge >= 0.3 is 0 Å². The second-order valence-electron chi connectivity index (χ2n) is 6.73. The third kappa shape index (κ3) is 4.24. The Morgan fingerprint density at radius 1 is 1.33 bits per heavy atom. The van der Waals surface area contributed by atoms with E-state index in [1.165, 1.54) is 29.7 Å². The number of fused-ring (bicyclic) bond motifs is 1. The third-order valence-electron chi connectivity index (χ3n) is 4.72. The van der Waals surface area contributed by atoms with Gasteiger partial charge in [0, 0.05) is 30.1 Å². The summed E-state index contributed by atoms with van der Waals surface area (Å²) in [6.45, 7) is 4.72. The first-order valence-corrected chi connectivity index (χ1v) is 11.2. The van der Waals surface area contributed by atoms with Crippen molar-refractivity contribution in [1.29, 1.82) is 0 Å². The summed E-state index contributed by atoms with van der Waals surface area (Å²) in [5.74, 6) is -0.0796. The summed E-state index contributed by atoms with van der Waals surface area (Å²) in [5.41, 5.74) is 1.69. The highest BCUT2D eigenvalue weighted by Gasteiger charge is 2.29. The lowest BCUT2D eigenvalue weighted by Crippen LogP contribution is -2.38. The van der Waals surface area contributed by atoms with Crippen LogP contribution in [-0.2, 0) is 21.2 Å². The monoisotopic (exact) mass is 408 g/mol. The van der Waals surface area contributed by atoms with Crippen LogP contribution in [0.25, 0.3) is 0 Å². The standard InChI is InChI=1S/C19H24N2O4S2/c1-13(12-25-3)20-27(23,24)16-6-4-15(5-7-16)19(22)21-10-8-18-17(14(21)2)9-11-26-18/h4-7,9,11,13-14,20H,8,10,12H2,1-3H3/t13-,14+/m1/s1. The number of hydrogen-bond acceptors (Lipinski definition) is 5. The van der Waals surface area contributed by atoms with Gasteiger partial charge in [-0.2, -0.15) is 0 Å². The van der Waals surface area contributed by atoms with Gasteiger partial charge in [0.05, 0.1) is 17.5 Å². The minimum Gasteiger partial charge on any atom is -0.383 e. The number of rotatable bonds is 6. The van der Waals surface area contributed by atoms with Crippen LogP contribution in [0.5, 0.6) is 0 Å². The van der Waals surface area contributed by atoms with Gasteiger partial charge in [0.2, 0.25) is 10.0 Å². The second kappa shape index (κ2) is 8.10. The summed E-state index contributed by atoms with van der Waals surface area (Å²) in [7, 11) is -2.13. The summed E-state index contributed by atoms with van der Waals surface area (Å²) in [6, 6.07) is 7.86. The van der Waals surface area contributed by atoms with Crippen LogP contribution in [0.15, 0.2) is 40.6 Å². The highest BCUT2D eigenvalue weighted by molar-refractivity contribution is 7.89. The van der Waals surface area contributed by atoms with E-state index in [9.17, 15) is 13.2 Å². The van der Waals surface area contributed by atoms with Crippen molar-refractivity contribution in [2.45, 2.75) is 37.2 Å². The van der Waals surface area contributed by atoms with E-state index in [-0.39, 0.29) is 29.5 Å². The average Bonchev–Trinajstić information content (AvgIpc) is 3.11. The smallest absolute Gasteiger partial charge is 0.254 e. The maximum atomic E-state index is 12.9. The van der Waals surface area contributed by atoms with Crippen LogP contribution in [0.2, 0.25) is 0 Å². The molecular formula is C19H24N2O4S2. The van der Waals surface area contributed by atoms with Gasteiger partial charge in [0.15, 0.2) is 0 Å². The maximum Gasteiger partial charge on any atom is 0.254 e. The molecule has 0 unspecified atom stereocenters. The van der Waals surface area contributed by atoms with Gasteiger partial charge in [-0.1, -0.05) is 0 Å². The lowest BCUT2D eigenvalue weighted by Gasteiger charge is -2.33. The number of sulfonamides is 1. The normalized spacial score (nSPS) is 18.2. The quantitative estimate of drug-likeness (QED) is 0.797. The van der Waals surface area contributed by atoms with Crippen LogP contribution in [0, 0.1) is 0 Å². The summed E-state index contributed by atoms with van der Waals surface area (Å²) in [5, 5.41) is 2.06. The Hall–Kier alpha value is -1.74. The van der Waals surface area contributed by atoms with Crippen molar-refractivity contribution >= 4 is 27.3 Å². The lowest BCUT2D eigenvalue weighted by molar-refractivity contribution is 0.0679. The van der Waals surface area contributed by atoms with Gasteiger partial charge in [0.25, 0.3) is 5.91 Å². The molecule has 6 nitrogen and oxygen atoms in total. The first-order valence-electron chi connectivity index (χ1n) is 8.82. The van der Waals surface area contributed by atoms with E-state index in [0.717, 1.165) is 6.42 Å². The van der Waals surface area contributed by atoms with E-state index in [4.69, 9.17) is 4.74 Å². The molecule has 1 N–H and O–H groups in total. The SMILES string of the molecule is COC[C@@H](C)NS(=O)(=O)c1ccc(C(=O)N2CCc3sccc3[C@@H]2C)cc1.